The maximum absolute atomic E-state index is 12.0. The highest BCUT2D eigenvalue weighted by molar-refractivity contribution is 7.89. The molecular formula is C10H16N6O3S. The molecular weight excluding hydrogens is 284 g/mol. The molecule has 2 aromatic heterocycles. The zero-order chi connectivity index (χ0) is 14.4. The van der Waals surface area contributed by atoms with Gasteiger partial charge in [-0.3, -0.25) is 4.68 Å². The summed E-state index contributed by atoms with van der Waals surface area (Å²) in [5.74, 6) is 0.386. The van der Waals surface area contributed by atoms with E-state index in [1.807, 2.05) is 7.05 Å². The topological polar surface area (TPSA) is 115 Å². The summed E-state index contributed by atoms with van der Waals surface area (Å²) in [6, 6.07) is 0. The number of rotatable bonds is 8. The quantitative estimate of drug-likeness (QED) is 0.643. The molecule has 2 rings (SSSR count). The summed E-state index contributed by atoms with van der Waals surface area (Å²) in [6.45, 7) is 1.51. The second-order valence-electron chi connectivity index (χ2n) is 4.03. The van der Waals surface area contributed by atoms with Crippen molar-refractivity contribution in [3.05, 3.63) is 24.6 Å². The van der Waals surface area contributed by atoms with Crippen LogP contribution in [0.2, 0.25) is 0 Å². The number of likely N-dealkylation sites (N-methyl/N-ethyl adjacent to an activating group) is 1. The lowest BCUT2D eigenvalue weighted by Gasteiger charge is -2.02. The first kappa shape index (κ1) is 14.6. The number of nitrogens with zero attached hydrogens (tertiary/aromatic N) is 4. The Hall–Kier alpha value is -1.78. The molecule has 0 saturated heterocycles. The van der Waals surface area contributed by atoms with Crippen LogP contribution >= 0.6 is 0 Å². The highest BCUT2D eigenvalue weighted by Gasteiger charge is 2.16. The minimum atomic E-state index is -3.56. The molecule has 2 aromatic rings. The van der Waals surface area contributed by atoms with Crippen molar-refractivity contribution in [2.24, 2.45) is 0 Å². The molecule has 0 fully saturated rings. The summed E-state index contributed by atoms with van der Waals surface area (Å²) < 4.78 is 32.8. The van der Waals surface area contributed by atoms with Gasteiger partial charge in [-0.15, -0.1) is 0 Å². The third-order valence-electron chi connectivity index (χ3n) is 2.55. The van der Waals surface area contributed by atoms with Crippen LogP contribution in [0.15, 0.2) is 28.1 Å². The van der Waals surface area contributed by atoms with Gasteiger partial charge in [0, 0.05) is 25.7 Å². The van der Waals surface area contributed by atoms with E-state index in [2.05, 4.69) is 25.3 Å². The third kappa shape index (κ3) is 3.85. The summed E-state index contributed by atoms with van der Waals surface area (Å²) in [5, 5.41) is 10.4. The first-order valence-corrected chi connectivity index (χ1v) is 7.52. The highest BCUT2D eigenvalue weighted by Crippen LogP contribution is 2.06. The second-order valence-corrected chi connectivity index (χ2v) is 5.79. The van der Waals surface area contributed by atoms with Gasteiger partial charge >= 0.3 is 0 Å². The Morgan fingerprint density at radius 2 is 2.25 bits per heavy atom. The monoisotopic (exact) mass is 300 g/mol. The van der Waals surface area contributed by atoms with E-state index in [0.29, 0.717) is 25.4 Å². The van der Waals surface area contributed by atoms with Crippen molar-refractivity contribution in [1.82, 2.24) is 30.0 Å². The molecule has 20 heavy (non-hydrogen) atoms. The molecule has 0 amide bonds. The van der Waals surface area contributed by atoms with Gasteiger partial charge in [-0.25, -0.2) is 13.1 Å². The fourth-order valence-corrected chi connectivity index (χ4v) is 2.50. The van der Waals surface area contributed by atoms with Gasteiger partial charge in [0.25, 0.3) is 0 Å². The molecule has 0 aliphatic heterocycles. The molecule has 0 saturated carbocycles. The Balaban J connectivity index is 1.90. The van der Waals surface area contributed by atoms with Crippen LogP contribution in [-0.4, -0.2) is 48.5 Å². The highest BCUT2D eigenvalue weighted by atomic mass is 32.2. The van der Waals surface area contributed by atoms with E-state index in [4.69, 9.17) is 4.52 Å². The van der Waals surface area contributed by atoms with Crippen LogP contribution in [0.4, 0.5) is 0 Å². The Kier molecular flexibility index (Phi) is 4.82. The van der Waals surface area contributed by atoms with Gasteiger partial charge in [0.1, 0.15) is 4.90 Å². The molecule has 0 bridgehead atoms. The van der Waals surface area contributed by atoms with Gasteiger partial charge in [-0.05, 0) is 7.05 Å². The SMILES string of the molecule is CNCCn1cc(S(=O)(=O)NCCc2ncno2)cn1. The zero-order valence-corrected chi connectivity index (χ0v) is 11.8. The van der Waals surface area contributed by atoms with Gasteiger partial charge in [0.15, 0.2) is 6.33 Å². The first-order chi connectivity index (χ1) is 9.62. The van der Waals surface area contributed by atoms with Crippen LogP contribution in [0.1, 0.15) is 5.89 Å². The maximum atomic E-state index is 12.0. The number of hydrogen-bond acceptors (Lipinski definition) is 7. The predicted octanol–water partition coefficient (Wildman–Crippen LogP) is -0.993. The molecule has 110 valence electrons. The molecule has 0 unspecified atom stereocenters. The molecule has 2 N–H and O–H groups in total. The summed E-state index contributed by atoms with van der Waals surface area (Å²) in [6.07, 6.45) is 4.43. The van der Waals surface area contributed by atoms with Gasteiger partial charge in [-0.2, -0.15) is 10.1 Å². The van der Waals surface area contributed by atoms with Crippen LogP contribution in [-0.2, 0) is 23.0 Å². The minimum Gasteiger partial charge on any atom is -0.340 e. The van der Waals surface area contributed by atoms with Crippen molar-refractivity contribution in [1.29, 1.82) is 0 Å². The molecule has 0 spiro atoms. The number of hydrogen-bond donors (Lipinski definition) is 2. The van der Waals surface area contributed by atoms with Crippen LogP contribution in [0.25, 0.3) is 0 Å². The van der Waals surface area contributed by atoms with Crippen molar-refractivity contribution in [2.75, 3.05) is 20.1 Å². The average molecular weight is 300 g/mol. The normalized spacial score (nSPS) is 11.8. The van der Waals surface area contributed by atoms with Gasteiger partial charge in [0.2, 0.25) is 15.9 Å². The van der Waals surface area contributed by atoms with Crippen LogP contribution in [0.3, 0.4) is 0 Å². The molecule has 9 nitrogen and oxygen atoms in total. The van der Waals surface area contributed by atoms with E-state index >= 15 is 0 Å². The molecule has 0 atom stereocenters. The van der Waals surface area contributed by atoms with Crippen LogP contribution in [0.5, 0.6) is 0 Å². The Morgan fingerprint density at radius 3 is 2.95 bits per heavy atom. The van der Waals surface area contributed by atoms with Gasteiger partial charge in [0.05, 0.1) is 12.7 Å². The lowest BCUT2D eigenvalue weighted by molar-refractivity contribution is 0.377. The van der Waals surface area contributed by atoms with Crippen LogP contribution in [0, 0.1) is 0 Å². The summed E-state index contributed by atoms with van der Waals surface area (Å²) in [4.78, 5) is 3.95. The molecule has 0 aliphatic carbocycles. The largest absolute Gasteiger partial charge is 0.340 e. The van der Waals surface area contributed by atoms with Crippen molar-refractivity contribution in [3.63, 3.8) is 0 Å². The van der Waals surface area contributed by atoms with E-state index in [1.165, 1.54) is 18.7 Å². The average Bonchev–Trinajstić information content (AvgIpc) is 3.07. The fraction of sp³-hybridized carbons (Fsp3) is 0.500. The molecule has 0 aromatic carbocycles. The number of aromatic nitrogens is 4. The zero-order valence-electron chi connectivity index (χ0n) is 11.0. The van der Waals surface area contributed by atoms with Crippen LogP contribution < -0.4 is 10.0 Å². The standard InChI is InChI=1S/C10H16N6O3S/c1-11-4-5-16-7-9(6-13-16)20(17,18)15-3-2-10-12-8-14-19-10/h6-8,11,15H,2-5H2,1H3. The minimum absolute atomic E-state index is 0.138. The number of nitrogens with one attached hydrogen (secondary N) is 2. The van der Waals surface area contributed by atoms with E-state index < -0.39 is 10.0 Å². The lowest BCUT2D eigenvalue weighted by Crippen LogP contribution is -2.25. The lowest BCUT2D eigenvalue weighted by atomic mass is 10.4. The molecule has 0 radical (unpaired) electrons. The Labute approximate surface area is 116 Å². The van der Waals surface area contributed by atoms with E-state index in [1.54, 1.807) is 4.68 Å². The van der Waals surface area contributed by atoms with E-state index in [-0.39, 0.29) is 11.4 Å². The van der Waals surface area contributed by atoms with Gasteiger partial charge < -0.3 is 9.84 Å². The molecule has 2 heterocycles. The van der Waals surface area contributed by atoms with E-state index in [0.717, 1.165) is 0 Å². The maximum Gasteiger partial charge on any atom is 0.243 e. The predicted molar refractivity (Wildman–Crippen MR) is 69.3 cm³/mol. The smallest absolute Gasteiger partial charge is 0.243 e. The fourth-order valence-electron chi connectivity index (χ4n) is 1.51. The summed E-state index contributed by atoms with van der Waals surface area (Å²) in [5.41, 5.74) is 0. The van der Waals surface area contributed by atoms with Crippen molar-refractivity contribution >= 4 is 10.0 Å². The third-order valence-corrected chi connectivity index (χ3v) is 3.96. The van der Waals surface area contributed by atoms with Gasteiger partial charge in [-0.1, -0.05) is 5.16 Å². The van der Waals surface area contributed by atoms with Crippen molar-refractivity contribution in [3.8, 4) is 0 Å². The summed E-state index contributed by atoms with van der Waals surface area (Å²) >= 11 is 0. The van der Waals surface area contributed by atoms with E-state index in [9.17, 15) is 8.42 Å². The Bertz CT molecular complexity index is 621. The molecule has 10 heteroatoms. The van der Waals surface area contributed by atoms with Crippen molar-refractivity contribution < 1.29 is 12.9 Å². The molecule has 0 aliphatic rings. The summed E-state index contributed by atoms with van der Waals surface area (Å²) in [7, 11) is -1.74. The van der Waals surface area contributed by atoms with Crippen molar-refractivity contribution in [2.45, 2.75) is 17.9 Å². The Morgan fingerprint density at radius 1 is 1.40 bits per heavy atom. The second kappa shape index (κ2) is 6.59. The number of sulfonamides is 1. The first-order valence-electron chi connectivity index (χ1n) is 6.04.